The van der Waals surface area contributed by atoms with Gasteiger partial charge in [0.2, 0.25) is 15.9 Å². The van der Waals surface area contributed by atoms with Gasteiger partial charge in [-0.15, -0.1) is 0 Å². The van der Waals surface area contributed by atoms with Crippen LogP contribution in [0.25, 0.3) is 0 Å². The second kappa shape index (κ2) is 9.73. The molecule has 0 saturated heterocycles. The number of nitrogens with one attached hydrogen (secondary N) is 1. The van der Waals surface area contributed by atoms with Gasteiger partial charge in [0.15, 0.2) is 0 Å². The van der Waals surface area contributed by atoms with Crippen molar-refractivity contribution in [2.75, 3.05) is 17.1 Å². The van der Waals surface area contributed by atoms with Crippen molar-refractivity contribution in [3.05, 3.63) is 99.5 Å². The summed E-state index contributed by atoms with van der Waals surface area (Å²) >= 11 is 12.1. The predicted molar refractivity (Wildman–Crippen MR) is 126 cm³/mol. The minimum Gasteiger partial charge on any atom is -0.344 e. The summed E-state index contributed by atoms with van der Waals surface area (Å²) in [6, 6.07) is 21.2. The topological polar surface area (TPSA) is 66.5 Å². The first-order valence-electron chi connectivity index (χ1n) is 9.49. The maximum Gasteiger partial charge on any atom is 0.241 e. The summed E-state index contributed by atoms with van der Waals surface area (Å²) in [5.74, 6) is -0.460. The summed E-state index contributed by atoms with van der Waals surface area (Å²) in [7, 11) is -3.76. The predicted octanol–water partition coefficient (Wildman–Crippen LogP) is 4.97. The zero-order valence-corrected chi connectivity index (χ0v) is 19.4. The standard InChI is InChI=1S/C23H22Cl2N2O3S/c1-16-8-6-7-11-21(16)23(17-9-4-3-5-10-17)26-22(28)15-27(31(2,29)30)20-13-18(24)12-19(25)14-20/h3-14,23H,15H2,1-2H3,(H,26,28)/t23-/m0/s1. The van der Waals surface area contributed by atoms with Gasteiger partial charge in [-0.25, -0.2) is 8.42 Å². The van der Waals surface area contributed by atoms with Crippen molar-refractivity contribution in [3.63, 3.8) is 0 Å². The average molecular weight is 477 g/mol. The minimum atomic E-state index is -3.76. The molecule has 0 aliphatic carbocycles. The Hall–Kier alpha value is -2.54. The number of sulfonamides is 1. The van der Waals surface area contributed by atoms with Gasteiger partial charge in [-0.1, -0.05) is 77.8 Å². The molecular formula is C23H22Cl2N2O3S. The lowest BCUT2D eigenvalue weighted by atomic mass is 9.95. The van der Waals surface area contributed by atoms with Gasteiger partial charge < -0.3 is 5.32 Å². The molecule has 0 unspecified atom stereocenters. The number of halogens is 2. The number of anilines is 1. The number of hydrogen-bond donors (Lipinski definition) is 1. The van der Waals surface area contributed by atoms with Crippen LogP contribution in [0.1, 0.15) is 22.7 Å². The first-order chi connectivity index (χ1) is 14.6. The molecule has 0 bridgehead atoms. The van der Waals surface area contributed by atoms with Crippen LogP contribution in [0.3, 0.4) is 0 Å². The van der Waals surface area contributed by atoms with Crippen LogP contribution in [-0.2, 0) is 14.8 Å². The molecule has 1 atom stereocenters. The van der Waals surface area contributed by atoms with Gasteiger partial charge >= 0.3 is 0 Å². The van der Waals surface area contributed by atoms with Crippen molar-refractivity contribution < 1.29 is 13.2 Å². The van der Waals surface area contributed by atoms with Gasteiger partial charge in [0.1, 0.15) is 6.54 Å². The summed E-state index contributed by atoms with van der Waals surface area (Å²) in [5, 5.41) is 3.53. The van der Waals surface area contributed by atoms with Gasteiger partial charge in [0.25, 0.3) is 0 Å². The van der Waals surface area contributed by atoms with E-state index in [4.69, 9.17) is 23.2 Å². The van der Waals surface area contributed by atoms with Crippen LogP contribution in [0.2, 0.25) is 10.0 Å². The average Bonchev–Trinajstić information content (AvgIpc) is 2.70. The van der Waals surface area contributed by atoms with Crippen molar-refractivity contribution in [1.82, 2.24) is 5.32 Å². The molecule has 0 aliphatic rings. The molecule has 162 valence electrons. The maximum absolute atomic E-state index is 13.0. The van der Waals surface area contributed by atoms with E-state index in [1.807, 2.05) is 61.5 Å². The van der Waals surface area contributed by atoms with Crippen LogP contribution in [0, 0.1) is 6.92 Å². The fraction of sp³-hybridized carbons (Fsp3) is 0.174. The number of rotatable bonds is 7. The fourth-order valence-electron chi connectivity index (χ4n) is 3.32. The molecule has 3 aromatic rings. The number of hydrogen-bond acceptors (Lipinski definition) is 3. The highest BCUT2D eigenvalue weighted by atomic mass is 35.5. The summed E-state index contributed by atoms with van der Waals surface area (Å²) in [6.45, 7) is 1.55. The van der Waals surface area contributed by atoms with Crippen molar-refractivity contribution in [2.45, 2.75) is 13.0 Å². The van der Waals surface area contributed by atoms with Crippen molar-refractivity contribution >= 4 is 44.8 Å². The van der Waals surface area contributed by atoms with E-state index in [2.05, 4.69) is 5.32 Å². The molecule has 0 fully saturated rings. The van der Waals surface area contributed by atoms with Crippen LogP contribution < -0.4 is 9.62 Å². The highest BCUT2D eigenvalue weighted by molar-refractivity contribution is 7.92. The van der Waals surface area contributed by atoms with E-state index in [1.54, 1.807) is 0 Å². The fourth-order valence-corrected chi connectivity index (χ4v) is 4.67. The van der Waals surface area contributed by atoms with Crippen LogP contribution in [0.5, 0.6) is 0 Å². The maximum atomic E-state index is 13.0. The highest BCUT2D eigenvalue weighted by Crippen LogP contribution is 2.28. The van der Waals surface area contributed by atoms with Crippen LogP contribution in [-0.4, -0.2) is 27.1 Å². The van der Waals surface area contributed by atoms with Crippen LogP contribution in [0.4, 0.5) is 5.69 Å². The molecule has 5 nitrogen and oxygen atoms in total. The van der Waals surface area contributed by atoms with E-state index in [1.165, 1.54) is 18.2 Å². The first-order valence-corrected chi connectivity index (χ1v) is 12.1. The molecular weight excluding hydrogens is 455 g/mol. The largest absolute Gasteiger partial charge is 0.344 e. The summed E-state index contributed by atoms with van der Waals surface area (Å²) in [4.78, 5) is 13.0. The Morgan fingerprint density at radius 3 is 2.13 bits per heavy atom. The van der Waals surface area contributed by atoms with Gasteiger partial charge in [-0.05, 0) is 41.8 Å². The van der Waals surface area contributed by atoms with Gasteiger partial charge in [0.05, 0.1) is 18.0 Å². The molecule has 0 radical (unpaired) electrons. The Bertz CT molecular complexity index is 1160. The minimum absolute atomic E-state index is 0.224. The number of aryl methyl sites for hydroxylation is 1. The number of benzene rings is 3. The lowest BCUT2D eigenvalue weighted by Crippen LogP contribution is -2.42. The Balaban J connectivity index is 1.93. The lowest BCUT2D eigenvalue weighted by molar-refractivity contribution is -0.120. The molecule has 1 amide bonds. The SMILES string of the molecule is Cc1ccccc1[C@@H](NC(=O)CN(c1cc(Cl)cc(Cl)c1)S(C)(=O)=O)c1ccccc1. The number of carbonyl (C=O) groups is 1. The first kappa shape index (κ1) is 23.1. The number of amides is 1. The van der Waals surface area contributed by atoms with E-state index in [0.717, 1.165) is 27.3 Å². The quantitative estimate of drug-likeness (QED) is 0.523. The third-order valence-electron chi connectivity index (χ3n) is 4.76. The molecule has 0 saturated carbocycles. The molecule has 31 heavy (non-hydrogen) atoms. The van der Waals surface area contributed by atoms with Crippen LogP contribution in [0.15, 0.2) is 72.8 Å². The summed E-state index contributed by atoms with van der Waals surface area (Å²) < 4.78 is 25.8. The Morgan fingerprint density at radius 1 is 0.968 bits per heavy atom. The smallest absolute Gasteiger partial charge is 0.241 e. The third-order valence-corrected chi connectivity index (χ3v) is 6.34. The number of nitrogens with zero attached hydrogens (tertiary/aromatic N) is 1. The normalized spacial score (nSPS) is 12.3. The van der Waals surface area contributed by atoms with Crippen molar-refractivity contribution in [2.24, 2.45) is 0 Å². The van der Waals surface area contributed by atoms with Gasteiger partial charge in [0, 0.05) is 10.0 Å². The van der Waals surface area contributed by atoms with E-state index in [-0.39, 0.29) is 15.7 Å². The summed E-state index contributed by atoms with van der Waals surface area (Å²) in [5.41, 5.74) is 3.06. The lowest BCUT2D eigenvalue weighted by Gasteiger charge is -2.26. The third kappa shape index (κ3) is 6.00. The summed E-state index contributed by atoms with van der Waals surface area (Å²) in [6.07, 6.45) is 1.03. The molecule has 1 N–H and O–H groups in total. The van der Waals surface area contributed by atoms with E-state index >= 15 is 0 Å². The highest BCUT2D eigenvalue weighted by Gasteiger charge is 2.24. The van der Waals surface area contributed by atoms with E-state index in [0.29, 0.717) is 0 Å². The Morgan fingerprint density at radius 2 is 1.55 bits per heavy atom. The van der Waals surface area contributed by atoms with Gasteiger partial charge in [-0.2, -0.15) is 0 Å². The molecule has 0 heterocycles. The molecule has 0 aliphatic heterocycles. The van der Waals surface area contributed by atoms with E-state index in [9.17, 15) is 13.2 Å². The molecule has 8 heteroatoms. The second-order valence-corrected chi connectivity index (χ2v) is 9.94. The van der Waals surface area contributed by atoms with E-state index < -0.39 is 28.5 Å². The molecule has 0 aromatic heterocycles. The van der Waals surface area contributed by atoms with Gasteiger partial charge in [-0.3, -0.25) is 9.10 Å². The molecule has 3 aromatic carbocycles. The van der Waals surface area contributed by atoms with Crippen molar-refractivity contribution in [1.29, 1.82) is 0 Å². The zero-order valence-electron chi connectivity index (χ0n) is 17.0. The van der Waals surface area contributed by atoms with Crippen molar-refractivity contribution in [3.8, 4) is 0 Å². The Kier molecular flexibility index (Phi) is 7.26. The van der Waals surface area contributed by atoms with Crippen LogP contribution >= 0.6 is 23.2 Å². The molecule has 0 spiro atoms. The Labute approximate surface area is 192 Å². The second-order valence-electron chi connectivity index (χ2n) is 7.17. The molecule has 3 rings (SSSR count). The zero-order chi connectivity index (χ0) is 22.6. The monoisotopic (exact) mass is 476 g/mol. The number of carbonyl (C=O) groups excluding carboxylic acids is 1.